The standard InChI is InChI=1S/C18H25FN2O2/c19-16-3-1-2-15(13-16)12-14-4-8-21(9-5-14)17(22)18(20)6-10-23-11-7-18/h1-3,13-14H,4-12,20H2. The third kappa shape index (κ3) is 3.90. The summed E-state index contributed by atoms with van der Waals surface area (Å²) in [5.74, 6) is 0.397. The van der Waals surface area contributed by atoms with Crippen molar-refractivity contribution in [2.24, 2.45) is 11.7 Å². The van der Waals surface area contributed by atoms with Gasteiger partial charge >= 0.3 is 0 Å². The van der Waals surface area contributed by atoms with E-state index < -0.39 is 5.54 Å². The Morgan fingerprint density at radius 2 is 2.00 bits per heavy atom. The van der Waals surface area contributed by atoms with Gasteiger partial charge in [-0.1, -0.05) is 12.1 Å². The lowest BCUT2D eigenvalue weighted by Crippen LogP contribution is -2.59. The van der Waals surface area contributed by atoms with Crippen LogP contribution in [0.1, 0.15) is 31.2 Å². The predicted molar refractivity (Wildman–Crippen MR) is 86.4 cm³/mol. The number of ether oxygens (including phenoxy) is 1. The largest absolute Gasteiger partial charge is 0.381 e. The summed E-state index contributed by atoms with van der Waals surface area (Å²) in [6.45, 7) is 2.63. The fourth-order valence-corrected chi connectivity index (χ4v) is 3.60. The number of carbonyl (C=O) groups excluding carboxylic acids is 1. The molecule has 0 bridgehead atoms. The summed E-state index contributed by atoms with van der Waals surface area (Å²) in [5.41, 5.74) is 6.59. The first-order valence-corrected chi connectivity index (χ1v) is 8.47. The molecule has 2 aliphatic heterocycles. The third-order valence-electron chi connectivity index (χ3n) is 5.13. The molecule has 1 amide bonds. The molecule has 0 aromatic heterocycles. The molecule has 23 heavy (non-hydrogen) atoms. The first kappa shape index (κ1) is 16.4. The van der Waals surface area contributed by atoms with Crippen LogP contribution in [-0.4, -0.2) is 42.6 Å². The van der Waals surface area contributed by atoms with Gasteiger partial charge in [-0.3, -0.25) is 4.79 Å². The SMILES string of the molecule is NC1(C(=O)N2CCC(Cc3cccc(F)c3)CC2)CCOCC1. The molecule has 0 radical (unpaired) electrons. The van der Waals surface area contributed by atoms with Crippen molar-refractivity contribution in [3.05, 3.63) is 35.6 Å². The van der Waals surface area contributed by atoms with Crippen molar-refractivity contribution < 1.29 is 13.9 Å². The van der Waals surface area contributed by atoms with Gasteiger partial charge in [0.2, 0.25) is 5.91 Å². The number of halogens is 1. The second kappa shape index (κ2) is 6.97. The second-order valence-corrected chi connectivity index (χ2v) is 6.84. The summed E-state index contributed by atoms with van der Waals surface area (Å²) in [7, 11) is 0. The molecule has 0 saturated carbocycles. The van der Waals surface area contributed by atoms with Crippen molar-refractivity contribution >= 4 is 5.91 Å². The van der Waals surface area contributed by atoms with Crippen LogP contribution in [0, 0.1) is 11.7 Å². The van der Waals surface area contributed by atoms with Gasteiger partial charge in [-0.2, -0.15) is 0 Å². The Morgan fingerprint density at radius 3 is 2.65 bits per heavy atom. The molecule has 0 unspecified atom stereocenters. The quantitative estimate of drug-likeness (QED) is 0.928. The van der Waals surface area contributed by atoms with Crippen LogP contribution < -0.4 is 5.73 Å². The molecule has 0 aliphatic carbocycles. The van der Waals surface area contributed by atoms with Crippen LogP contribution in [0.3, 0.4) is 0 Å². The lowest BCUT2D eigenvalue weighted by molar-refractivity contribution is -0.142. The van der Waals surface area contributed by atoms with Crippen LogP contribution in [0.25, 0.3) is 0 Å². The maximum Gasteiger partial charge on any atom is 0.242 e. The number of hydrogen-bond donors (Lipinski definition) is 1. The van der Waals surface area contributed by atoms with Gasteiger partial charge in [-0.05, 0) is 55.7 Å². The normalized spacial score (nSPS) is 22.1. The average Bonchev–Trinajstić information content (AvgIpc) is 2.56. The molecule has 2 aliphatic rings. The van der Waals surface area contributed by atoms with E-state index in [1.807, 2.05) is 11.0 Å². The highest BCUT2D eigenvalue weighted by molar-refractivity contribution is 5.86. The zero-order valence-corrected chi connectivity index (χ0v) is 13.5. The first-order chi connectivity index (χ1) is 11.1. The van der Waals surface area contributed by atoms with Gasteiger partial charge in [0.05, 0.1) is 5.54 Å². The van der Waals surface area contributed by atoms with E-state index in [-0.39, 0.29) is 11.7 Å². The van der Waals surface area contributed by atoms with Crippen molar-refractivity contribution in [3.8, 4) is 0 Å². The summed E-state index contributed by atoms with van der Waals surface area (Å²) in [5, 5.41) is 0. The van der Waals surface area contributed by atoms with E-state index >= 15 is 0 Å². The van der Waals surface area contributed by atoms with E-state index in [1.165, 1.54) is 6.07 Å². The van der Waals surface area contributed by atoms with E-state index in [0.717, 1.165) is 37.9 Å². The average molecular weight is 320 g/mol. The molecule has 4 nitrogen and oxygen atoms in total. The van der Waals surface area contributed by atoms with E-state index in [1.54, 1.807) is 12.1 Å². The molecule has 2 heterocycles. The van der Waals surface area contributed by atoms with E-state index in [4.69, 9.17) is 10.5 Å². The number of benzene rings is 1. The number of carbonyl (C=O) groups is 1. The smallest absolute Gasteiger partial charge is 0.242 e. The number of rotatable bonds is 3. The summed E-state index contributed by atoms with van der Waals surface area (Å²) in [6, 6.07) is 6.80. The fraction of sp³-hybridized carbons (Fsp3) is 0.611. The molecule has 2 fully saturated rings. The predicted octanol–water partition coefficient (Wildman–Crippen LogP) is 2.11. The van der Waals surface area contributed by atoms with Crippen molar-refractivity contribution in [1.29, 1.82) is 0 Å². The van der Waals surface area contributed by atoms with Gasteiger partial charge in [-0.15, -0.1) is 0 Å². The number of nitrogens with two attached hydrogens (primary N) is 1. The van der Waals surface area contributed by atoms with Crippen LogP contribution in [0.2, 0.25) is 0 Å². The lowest BCUT2D eigenvalue weighted by Gasteiger charge is -2.40. The van der Waals surface area contributed by atoms with Gasteiger partial charge in [0.25, 0.3) is 0 Å². The Kier molecular flexibility index (Phi) is 4.97. The summed E-state index contributed by atoms with van der Waals surface area (Å²) >= 11 is 0. The zero-order chi connectivity index (χ0) is 16.3. The van der Waals surface area contributed by atoms with Crippen LogP contribution >= 0.6 is 0 Å². The Balaban J connectivity index is 1.53. The van der Waals surface area contributed by atoms with Crippen molar-refractivity contribution in [1.82, 2.24) is 4.90 Å². The molecule has 3 rings (SSSR count). The Bertz CT molecular complexity index is 550. The zero-order valence-electron chi connectivity index (χ0n) is 13.5. The number of amides is 1. The Morgan fingerprint density at radius 1 is 1.30 bits per heavy atom. The molecule has 2 N–H and O–H groups in total. The minimum Gasteiger partial charge on any atom is -0.381 e. The van der Waals surface area contributed by atoms with Gasteiger partial charge in [0.1, 0.15) is 5.82 Å². The van der Waals surface area contributed by atoms with E-state index in [9.17, 15) is 9.18 Å². The van der Waals surface area contributed by atoms with Crippen LogP contribution in [-0.2, 0) is 16.0 Å². The van der Waals surface area contributed by atoms with Gasteiger partial charge in [0, 0.05) is 26.3 Å². The fourth-order valence-electron chi connectivity index (χ4n) is 3.60. The van der Waals surface area contributed by atoms with Crippen molar-refractivity contribution in [2.75, 3.05) is 26.3 Å². The first-order valence-electron chi connectivity index (χ1n) is 8.47. The molecule has 5 heteroatoms. The molecule has 2 saturated heterocycles. The maximum atomic E-state index is 13.3. The number of hydrogen-bond acceptors (Lipinski definition) is 3. The molecule has 1 aromatic rings. The minimum atomic E-state index is -0.742. The molecular weight excluding hydrogens is 295 g/mol. The van der Waals surface area contributed by atoms with Crippen molar-refractivity contribution in [3.63, 3.8) is 0 Å². The van der Waals surface area contributed by atoms with Crippen molar-refractivity contribution in [2.45, 2.75) is 37.6 Å². The molecule has 126 valence electrons. The Hall–Kier alpha value is -1.46. The minimum absolute atomic E-state index is 0.0741. The number of nitrogens with zero attached hydrogens (tertiary/aromatic N) is 1. The van der Waals surface area contributed by atoms with Gasteiger partial charge in [-0.25, -0.2) is 4.39 Å². The van der Waals surface area contributed by atoms with E-state index in [0.29, 0.717) is 32.0 Å². The number of likely N-dealkylation sites (tertiary alicyclic amines) is 1. The second-order valence-electron chi connectivity index (χ2n) is 6.84. The summed E-state index contributed by atoms with van der Waals surface area (Å²) in [4.78, 5) is 14.6. The van der Waals surface area contributed by atoms with Crippen LogP contribution in [0.15, 0.2) is 24.3 Å². The summed E-state index contributed by atoms with van der Waals surface area (Å²) in [6.07, 6.45) is 4.00. The lowest BCUT2D eigenvalue weighted by atomic mass is 9.86. The highest BCUT2D eigenvalue weighted by Crippen LogP contribution is 2.26. The molecule has 0 spiro atoms. The van der Waals surface area contributed by atoms with E-state index in [2.05, 4.69) is 0 Å². The van der Waals surface area contributed by atoms with Gasteiger partial charge < -0.3 is 15.4 Å². The Labute approximate surface area is 136 Å². The molecule has 1 aromatic carbocycles. The molecule has 0 atom stereocenters. The highest BCUT2D eigenvalue weighted by atomic mass is 19.1. The van der Waals surface area contributed by atoms with Crippen LogP contribution in [0.5, 0.6) is 0 Å². The maximum absolute atomic E-state index is 13.3. The third-order valence-corrected chi connectivity index (χ3v) is 5.13. The highest BCUT2D eigenvalue weighted by Gasteiger charge is 2.39. The van der Waals surface area contributed by atoms with Crippen LogP contribution in [0.4, 0.5) is 4.39 Å². The van der Waals surface area contributed by atoms with Gasteiger partial charge in [0.15, 0.2) is 0 Å². The summed E-state index contributed by atoms with van der Waals surface area (Å²) < 4.78 is 18.6. The number of piperidine rings is 1. The topological polar surface area (TPSA) is 55.6 Å². The molecular formula is C18H25FN2O2. The monoisotopic (exact) mass is 320 g/mol.